The lowest BCUT2D eigenvalue weighted by molar-refractivity contribution is -0.210. The fraction of sp³-hybridized carbons (Fsp3) is 0.357. The SMILES string of the molecule is C/C=C(\C)C(=O)C1(CC)OP(=O)(Oc2ccccc2)O1. The molecule has 0 saturated carbocycles. The van der Waals surface area contributed by atoms with Crippen molar-refractivity contribution < 1.29 is 22.9 Å². The molecule has 20 heavy (non-hydrogen) atoms. The summed E-state index contributed by atoms with van der Waals surface area (Å²) in [5.41, 5.74) is 0.498. The van der Waals surface area contributed by atoms with E-state index in [1.807, 2.05) is 0 Å². The topological polar surface area (TPSA) is 61.8 Å². The van der Waals surface area contributed by atoms with E-state index in [1.165, 1.54) is 0 Å². The lowest BCUT2D eigenvalue weighted by atomic mass is 10.0. The second-order valence-electron chi connectivity index (χ2n) is 4.44. The molecule has 1 aliphatic heterocycles. The minimum atomic E-state index is -3.70. The molecular formula is C14H17O5P. The fourth-order valence-corrected chi connectivity index (χ4v) is 3.43. The number of ketones is 1. The van der Waals surface area contributed by atoms with Crippen LogP contribution in [0.25, 0.3) is 0 Å². The fourth-order valence-electron chi connectivity index (χ4n) is 1.82. The number of Topliss-reactive ketones (excluding diaryl/α,β-unsaturated/α-hetero) is 1. The lowest BCUT2D eigenvalue weighted by Crippen LogP contribution is -2.50. The van der Waals surface area contributed by atoms with Crippen LogP contribution in [-0.4, -0.2) is 11.6 Å². The average molecular weight is 296 g/mol. The van der Waals surface area contributed by atoms with Gasteiger partial charge < -0.3 is 4.52 Å². The van der Waals surface area contributed by atoms with Crippen LogP contribution in [-0.2, 0) is 18.4 Å². The van der Waals surface area contributed by atoms with Gasteiger partial charge in [0, 0.05) is 6.42 Å². The molecule has 0 aromatic heterocycles. The van der Waals surface area contributed by atoms with Crippen molar-refractivity contribution in [2.24, 2.45) is 0 Å². The number of allylic oxidation sites excluding steroid dienone is 1. The van der Waals surface area contributed by atoms with Gasteiger partial charge in [0.2, 0.25) is 5.78 Å². The van der Waals surface area contributed by atoms with Crippen LogP contribution in [0, 0.1) is 0 Å². The summed E-state index contributed by atoms with van der Waals surface area (Å²) in [4.78, 5) is 12.2. The maximum Gasteiger partial charge on any atom is 0.536 e. The number of hydrogen-bond acceptors (Lipinski definition) is 5. The summed E-state index contributed by atoms with van der Waals surface area (Å²) < 4.78 is 27.9. The molecule has 5 nitrogen and oxygen atoms in total. The van der Waals surface area contributed by atoms with Crippen molar-refractivity contribution in [2.45, 2.75) is 33.0 Å². The first-order valence-electron chi connectivity index (χ1n) is 6.38. The highest BCUT2D eigenvalue weighted by Crippen LogP contribution is 2.66. The highest BCUT2D eigenvalue weighted by Gasteiger charge is 2.62. The molecule has 0 aliphatic carbocycles. The van der Waals surface area contributed by atoms with Crippen LogP contribution in [0.5, 0.6) is 5.75 Å². The third-order valence-electron chi connectivity index (χ3n) is 3.08. The van der Waals surface area contributed by atoms with E-state index >= 15 is 0 Å². The van der Waals surface area contributed by atoms with Crippen molar-refractivity contribution in [3.8, 4) is 5.75 Å². The molecule has 0 bridgehead atoms. The molecule has 6 heteroatoms. The quantitative estimate of drug-likeness (QED) is 0.610. The van der Waals surface area contributed by atoms with Gasteiger partial charge in [-0.1, -0.05) is 31.2 Å². The molecule has 1 aromatic rings. The second-order valence-corrected chi connectivity index (χ2v) is 5.88. The van der Waals surface area contributed by atoms with Crippen LogP contribution in [0.1, 0.15) is 27.2 Å². The van der Waals surface area contributed by atoms with Crippen LogP contribution < -0.4 is 4.52 Å². The Kier molecular flexibility index (Phi) is 4.14. The largest absolute Gasteiger partial charge is 0.536 e. The van der Waals surface area contributed by atoms with Gasteiger partial charge in [0.15, 0.2) is 0 Å². The van der Waals surface area contributed by atoms with Gasteiger partial charge in [-0.3, -0.25) is 4.79 Å². The van der Waals surface area contributed by atoms with Crippen LogP contribution >= 0.6 is 7.82 Å². The molecule has 2 rings (SSSR count). The summed E-state index contributed by atoms with van der Waals surface area (Å²) in [5.74, 6) is -1.44. The molecule has 0 unspecified atom stereocenters. The number of benzene rings is 1. The standard InChI is InChI=1S/C14H17O5P/c1-4-11(3)13(15)14(5-2)18-20(16,19-14)17-12-9-7-6-8-10-12/h4,6-10H,5H2,1-3H3/b11-4+. The molecule has 0 N–H and O–H groups in total. The van der Waals surface area contributed by atoms with E-state index in [0.29, 0.717) is 11.3 Å². The van der Waals surface area contributed by atoms with Crippen LogP contribution in [0.3, 0.4) is 0 Å². The molecule has 0 spiro atoms. The van der Waals surface area contributed by atoms with Crippen LogP contribution in [0.2, 0.25) is 0 Å². The summed E-state index contributed by atoms with van der Waals surface area (Å²) in [5, 5.41) is 0. The van der Waals surface area contributed by atoms with Crippen LogP contribution in [0.4, 0.5) is 0 Å². The van der Waals surface area contributed by atoms with E-state index in [-0.39, 0.29) is 12.2 Å². The minimum Gasteiger partial charge on any atom is -0.404 e. The highest BCUT2D eigenvalue weighted by molar-refractivity contribution is 7.50. The first-order chi connectivity index (χ1) is 9.45. The van der Waals surface area contributed by atoms with Gasteiger partial charge in [-0.25, -0.2) is 13.6 Å². The molecule has 108 valence electrons. The van der Waals surface area contributed by atoms with E-state index < -0.39 is 13.6 Å². The number of phosphoric acid groups is 1. The summed E-state index contributed by atoms with van der Waals surface area (Å²) in [6.45, 7) is 5.13. The van der Waals surface area contributed by atoms with Gasteiger partial charge in [-0.15, -0.1) is 0 Å². The molecule has 1 heterocycles. The van der Waals surface area contributed by atoms with Crippen molar-refractivity contribution in [1.29, 1.82) is 0 Å². The predicted molar refractivity (Wildman–Crippen MR) is 74.3 cm³/mol. The number of para-hydroxylation sites is 1. The van der Waals surface area contributed by atoms with E-state index in [4.69, 9.17) is 13.6 Å². The monoisotopic (exact) mass is 296 g/mol. The molecule has 1 aromatic carbocycles. The summed E-state index contributed by atoms with van der Waals surface area (Å²) >= 11 is 0. The third-order valence-corrected chi connectivity index (χ3v) is 4.55. The maximum atomic E-state index is 12.2. The van der Waals surface area contributed by atoms with E-state index in [0.717, 1.165) is 0 Å². The molecular weight excluding hydrogens is 279 g/mol. The Morgan fingerprint density at radius 2 is 1.95 bits per heavy atom. The van der Waals surface area contributed by atoms with Crippen molar-refractivity contribution in [2.75, 3.05) is 0 Å². The van der Waals surface area contributed by atoms with Gasteiger partial charge >= 0.3 is 7.82 Å². The Bertz CT molecular complexity index is 568. The van der Waals surface area contributed by atoms with Gasteiger partial charge in [0.05, 0.1) is 0 Å². The maximum absolute atomic E-state index is 12.2. The van der Waals surface area contributed by atoms with Gasteiger partial charge in [-0.2, -0.15) is 0 Å². The number of rotatable bonds is 5. The molecule has 1 fully saturated rings. The summed E-state index contributed by atoms with van der Waals surface area (Å²) in [6, 6.07) is 8.56. The van der Waals surface area contributed by atoms with E-state index in [9.17, 15) is 9.36 Å². The van der Waals surface area contributed by atoms with Crippen molar-refractivity contribution in [3.05, 3.63) is 42.0 Å². The molecule has 1 saturated heterocycles. The molecule has 0 amide bonds. The van der Waals surface area contributed by atoms with Gasteiger partial charge in [-0.05, 0) is 31.6 Å². The zero-order valence-electron chi connectivity index (χ0n) is 11.7. The third kappa shape index (κ3) is 2.70. The predicted octanol–water partition coefficient (Wildman–Crippen LogP) is 3.86. The Morgan fingerprint density at radius 1 is 1.35 bits per heavy atom. The smallest absolute Gasteiger partial charge is 0.404 e. The zero-order valence-corrected chi connectivity index (χ0v) is 12.6. The number of carbonyl (C=O) groups is 1. The Labute approximate surface area is 118 Å². The number of phosphoric ester groups is 1. The first-order valence-corrected chi connectivity index (χ1v) is 7.84. The van der Waals surface area contributed by atoms with E-state index in [2.05, 4.69) is 0 Å². The van der Waals surface area contributed by atoms with E-state index in [1.54, 1.807) is 57.2 Å². The Morgan fingerprint density at radius 3 is 2.45 bits per heavy atom. The molecule has 0 atom stereocenters. The van der Waals surface area contributed by atoms with Crippen molar-refractivity contribution in [3.63, 3.8) is 0 Å². The molecule has 0 radical (unpaired) electrons. The summed E-state index contributed by atoms with van der Waals surface area (Å²) in [7, 11) is -3.70. The Hall–Kier alpha value is -1.42. The zero-order chi connectivity index (χ0) is 14.8. The summed E-state index contributed by atoms with van der Waals surface area (Å²) in [6.07, 6.45) is 1.92. The number of carbonyl (C=O) groups excluding carboxylic acids is 1. The van der Waals surface area contributed by atoms with Crippen molar-refractivity contribution >= 4 is 13.6 Å². The highest BCUT2D eigenvalue weighted by atomic mass is 31.2. The average Bonchev–Trinajstić information content (AvgIpc) is 2.43. The van der Waals surface area contributed by atoms with Crippen LogP contribution in [0.15, 0.2) is 42.0 Å². The van der Waals surface area contributed by atoms with Gasteiger partial charge in [0.25, 0.3) is 5.79 Å². The minimum absolute atomic E-state index is 0.263. The first kappa shape index (κ1) is 15.0. The Balaban J connectivity index is 2.11. The number of hydrogen-bond donors (Lipinski definition) is 0. The normalized spacial score (nSPS) is 29.6. The second kappa shape index (κ2) is 5.52. The van der Waals surface area contributed by atoms with Gasteiger partial charge in [0.1, 0.15) is 5.75 Å². The van der Waals surface area contributed by atoms with Crippen molar-refractivity contribution in [1.82, 2.24) is 0 Å². The lowest BCUT2D eigenvalue weighted by Gasteiger charge is -2.42. The molecule has 1 aliphatic rings.